The summed E-state index contributed by atoms with van der Waals surface area (Å²) in [5.41, 5.74) is 0.723. The Bertz CT molecular complexity index is 392. The number of halogens is 3. The molecule has 0 saturated heterocycles. The molecule has 0 aliphatic heterocycles. The Morgan fingerprint density at radius 1 is 1.27 bits per heavy atom. The van der Waals surface area contributed by atoms with Gasteiger partial charge in [0.25, 0.3) is 0 Å². The van der Waals surface area contributed by atoms with Crippen LogP contribution in [0.15, 0.2) is 37.7 Å². The standard InChI is InChI=1S/C10H8Br3NO/c1-2-3-9(15)14-10-7(12)4-6(11)5-8(10)13/h2-5H,1H3,(H,14,15). The van der Waals surface area contributed by atoms with Crippen LogP contribution in [0.5, 0.6) is 0 Å². The quantitative estimate of drug-likeness (QED) is 0.732. The predicted molar refractivity (Wildman–Crippen MR) is 73.0 cm³/mol. The molecule has 0 aliphatic carbocycles. The smallest absolute Gasteiger partial charge is 0.248 e. The largest absolute Gasteiger partial charge is 0.321 e. The molecule has 0 bridgehead atoms. The average Bonchev–Trinajstić information content (AvgIpc) is 2.11. The summed E-state index contributed by atoms with van der Waals surface area (Å²) in [5, 5.41) is 2.77. The highest BCUT2D eigenvalue weighted by Gasteiger charge is 2.08. The van der Waals surface area contributed by atoms with Crippen molar-refractivity contribution in [3.8, 4) is 0 Å². The van der Waals surface area contributed by atoms with Gasteiger partial charge in [0, 0.05) is 13.4 Å². The van der Waals surface area contributed by atoms with Gasteiger partial charge in [-0.3, -0.25) is 4.79 Å². The summed E-state index contributed by atoms with van der Waals surface area (Å²) in [6, 6.07) is 3.74. The number of amides is 1. The van der Waals surface area contributed by atoms with Gasteiger partial charge in [-0.15, -0.1) is 0 Å². The topological polar surface area (TPSA) is 29.1 Å². The first kappa shape index (κ1) is 12.9. The van der Waals surface area contributed by atoms with Gasteiger partial charge in [0.2, 0.25) is 5.91 Å². The highest BCUT2D eigenvalue weighted by molar-refractivity contribution is 9.11. The summed E-state index contributed by atoms with van der Waals surface area (Å²) in [5.74, 6) is -0.152. The van der Waals surface area contributed by atoms with E-state index >= 15 is 0 Å². The van der Waals surface area contributed by atoms with Crippen LogP contribution < -0.4 is 5.32 Å². The summed E-state index contributed by atoms with van der Waals surface area (Å²) in [6.07, 6.45) is 3.16. The molecule has 0 atom stereocenters. The number of carbonyl (C=O) groups is 1. The van der Waals surface area contributed by atoms with Crippen molar-refractivity contribution in [1.29, 1.82) is 0 Å². The maximum atomic E-state index is 11.4. The van der Waals surface area contributed by atoms with Crippen LogP contribution in [0.4, 0.5) is 5.69 Å². The predicted octanol–water partition coefficient (Wildman–Crippen LogP) is 4.49. The van der Waals surface area contributed by atoms with Crippen LogP contribution in [0.25, 0.3) is 0 Å². The van der Waals surface area contributed by atoms with Crippen LogP contribution in [0.3, 0.4) is 0 Å². The molecule has 1 rings (SSSR count). The number of anilines is 1. The van der Waals surface area contributed by atoms with Crippen molar-refractivity contribution >= 4 is 59.4 Å². The number of allylic oxidation sites excluding steroid dienone is 1. The third kappa shape index (κ3) is 3.74. The molecule has 0 heterocycles. The molecular formula is C10H8Br3NO. The van der Waals surface area contributed by atoms with Gasteiger partial charge in [0.1, 0.15) is 0 Å². The number of benzene rings is 1. The van der Waals surface area contributed by atoms with Gasteiger partial charge in [-0.05, 0) is 57.0 Å². The molecule has 0 aliphatic rings. The van der Waals surface area contributed by atoms with Crippen molar-refractivity contribution < 1.29 is 4.79 Å². The third-order valence-electron chi connectivity index (χ3n) is 1.57. The molecule has 80 valence electrons. The molecule has 0 aromatic heterocycles. The Kier molecular flexibility index (Phi) is 5.02. The molecule has 0 fully saturated rings. The maximum absolute atomic E-state index is 11.4. The van der Waals surface area contributed by atoms with Gasteiger partial charge >= 0.3 is 0 Å². The number of hydrogen-bond acceptors (Lipinski definition) is 1. The van der Waals surface area contributed by atoms with E-state index in [1.807, 2.05) is 12.1 Å². The summed E-state index contributed by atoms with van der Waals surface area (Å²) in [7, 11) is 0. The Hall–Kier alpha value is -0.130. The summed E-state index contributed by atoms with van der Waals surface area (Å²) in [4.78, 5) is 11.4. The van der Waals surface area contributed by atoms with Crippen LogP contribution in [0.1, 0.15) is 6.92 Å². The lowest BCUT2D eigenvalue weighted by atomic mass is 10.3. The van der Waals surface area contributed by atoms with E-state index in [1.54, 1.807) is 13.0 Å². The summed E-state index contributed by atoms with van der Waals surface area (Å²) < 4.78 is 2.58. The third-order valence-corrected chi connectivity index (χ3v) is 3.28. The van der Waals surface area contributed by atoms with Crippen LogP contribution in [0.2, 0.25) is 0 Å². The molecule has 0 unspecified atom stereocenters. The first-order chi connectivity index (χ1) is 7.04. The Morgan fingerprint density at radius 2 is 1.80 bits per heavy atom. The van der Waals surface area contributed by atoms with Crippen LogP contribution in [-0.2, 0) is 4.79 Å². The zero-order chi connectivity index (χ0) is 11.4. The first-order valence-electron chi connectivity index (χ1n) is 4.13. The van der Waals surface area contributed by atoms with E-state index in [0.29, 0.717) is 0 Å². The molecule has 1 aromatic rings. The second-order valence-electron chi connectivity index (χ2n) is 2.73. The molecule has 5 heteroatoms. The minimum absolute atomic E-state index is 0.152. The summed E-state index contributed by atoms with van der Waals surface area (Å²) in [6.45, 7) is 1.80. The Labute approximate surface area is 114 Å². The van der Waals surface area contributed by atoms with Crippen molar-refractivity contribution in [2.24, 2.45) is 0 Å². The monoisotopic (exact) mass is 395 g/mol. The minimum atomic E-state index is -0.152. The highest BCUT2D eigenvalue weighted by atomic mass is 79.9. The zero-order valence-corrected chi connectivity index (χ0v) is 12.6. The zero-order valence-electron chi connectivity index (χ0n) is 7.85. The second-order valence-corrected chi connectivity index (χ2v) is 5.36. The lowest BCUT2D eigenvalue weighted by Gasteiger charge is -2.08. The fourth-order valence-electron chi connectivity index (χ4n) is 0.978. The van der Waals surface area contributed by atoms with Gasteiger partial charge in [0.15, 0.2) is 0 Å². The fourth-order valence-corrected chi connectivity index (χ4v) is 3.43. The van der Waals surface area contributed by atoms with E-state index in [2.05, 4.69) is 53.1 Å². The van der Waals surface area contributed by atoms with E-state index in [1.165, 1.54) is 6.08 Å². The Morgan fingerprint density at radius 3 is 2.27 bits per heavy atom. The number of carbonyl (C=O) groups excluding carboxylic acids is 1. The SMILES string of the molecule is CC=CC(=O)Nc1c(Br)cc(Br)cc1Br. The molecule has 15 heavy (non-hydrogen) atoms. The van der Waals surface area contributed by atoms with Crippen molar-refractivity contribution in [3.63, 3.8) is 0 Å². The molecule has 1 amide bonds. The van der Waals surface area contributed by atoms with Crippen LogP contribution in [0, 0.1) is 0 Å². The molecule has 2 nitrogen and oxygen atoms in total. The van der Waals surface area contributed by atoms with Gasteiger partial charge in [0.05, 0.1) is 5.69 Å². The minimum Gasteiger partial charge on any atom is -0.321 e. The van der Waals surface area contributed by atoms with Crippen molar-refractivity contribution in [2.75, 3.05) is 5.32 Å². The highest BCUT2D eigenvalue weighted by Crippen LogP contribution is 2.34. The molecule has 1 N–H and O–H groups in total. The molecule has 0 spiro atoms. The first-order valence-corrected chi connectivity index (χ1v) is 6.50. The number of nitrogens with one attached hydrogen (secondary N) is 1. The van der Waals surface area contributed by atoms with E-state index in [4.69, 9.17) is 0 Å². The molecule has 0 saturated carbocycles. The lowest BCUT2D eigenvalue weighted by Crippen LogP contribution is -2.08. The van der Waals surface area contributed by atoms with Gasteiger partial charge in [-0.1, -0.05) is 22.0 Å². The van der Waals surface area contributed by atoms with E-state index in [-0.39, 0.29) is 5.91 Å². The van der Waals surface area contributed by atoms with E-state index in [9.17, 15) is 4.79 Å². The normalized spacial score (nSPS) is 10.7. The molecule has 1 aromatic carbocycles. The van der Waals surface area contributed by atoms with Crippen molar-refractivity contribution in [1.82, 2.24) is 0 Å². The van der Waals surface area contributed by atoms with Gasteiger partial charge in [-0.2, -0.15) is 0 Å². The summed E-state index contributed by atoms with van der Waals surface area (Å²) >= 11 is 10.1. The number of hydrogen-bond donors (Lipinski definition) is 1. The van der Waals surface area contributed by atoms with Gasteiger partial charge in [-0.25, -0.2) is 0 Å². The van der Waals surface area contributed by atoms with Gasteiger partial charge < -0.3 is 5.32 Å². The van der Waals surface area contributed by atoms with E-state index in [0.717, 1.165) is 19.1 Å². The average molecular weight is 398 g/mol. The maximum Gasteiger partial charge on any atom is 0.248 e. The van der Waals surface area contributed by atoms with Crippen LogP contribution >= 0.6 is 47.8 Å². The second kappa shape index (κ2) is 5.82. The Balaban J connectivity index is 3.00. The molecule has 0 radical (unpaired) electrons. The van der Waals surface area contributed by atoms with Crippen molar-refractivity contribution in [2.45, 2.75) is 6.92 Å². The molecular weight excluding hydrogens is 390 g/mol. The van der Waals surface area contributed by atoms with E-state index < -0.39 is 0 Å². The van der Waals surface area contributed by atoms with Crippen LogP contribution in [-0.4, -0.2) is 5.91 Å². The number of rotatable bonds is 2. The lowest BCUT2D eigenvalue weighted by molar-refractivity contribution is -0.111. The fraction of sp³-hybridized carbons (Fsp3) is 0.100. The van der Waals surface area contributed by atoms with Crippen molar-refractivity contribution in [3.05, 3.63) is 37.7 Å².